The zero-order valence-corrected chi connectivity index (χ0v) is 9.24. The first-order valence-corrected chi connectivity index (χ1v) is 5.08. The molecule has 0 atom stereocenters. The van der Waals surface area contributed by atoms with Crippen molar-refractivity contribution in [2.45, 2.75) is 6.42 Å². The number of benzene rings is 2. The van der Waals surface area contributed by atoms with Gasteiger partial charge in [0.05, 0.1) is 13.5 Å². The Kier molecular flexibility index (Phi) is 2.95. The molecule has 2 aromatic carbocycles. The zero-order valence-electron chi connectivity index (χ0n) is 9.24. The average Bonchev–Trinajstić information content (AvgIpc) is 2.28. The second-order valence-electron chi connectivity index (χ2n) is 3.71. The average molecular weight is 234 g/mol. The highest BCUT2D eigenvalue weighted by Gasteiger charge is 2.08. The molecule has 0 heterocycles. The lowest BCUT2D eigenvalue weighted by atomic mass is 10.0. The predicted octanol–water partition coefficient (Wildman–Crippen LogP) is 2.61. The maximum Gasteiger partial charge on any atom is 0.307 e. The Bertz CT molecular complexity index is 578. The molecule has 0 aliphatic heterocycles. The summed E-state index contributed by atoms with van der Waals surface area (Å²) in [7, 11) is 1.41. The van der Waals surface area contributed by atoms with Gasteiger partial charge in [0.2, 0.25) is 0 Å². The minimum atomic E-state index is -0.904. The van der Waals surface area contributed by atoms with Crippen molar-refractivity contribution in [3.8, 4) is 5.75 Å². The molecular formula is C13H11FO3. The summed E-state index contributed by atoms with van der Waals surface area (Å²) in [4.78, 5) is 10.6. The molecule has 0 aromatic heterocycles. The van der Waals surface area contributed by atoms with E-state index in [2.05, 4.69) is 0 Å². The van der Waals surface area contributed by atoms with Crippen molar-refractivity contribution in [3.05, 3.63) is 41.7 Å². The Balaban J connectivity index is 2.53. The van der Waals surface area contributed by atoms with Crippen LogP contribution in [-0.2, 0) is 11.2 Å². The highest BCUT2D eigenvalue weighted by Crippen LogP contribution is 2.26. The van der Waals surface area contributed by atoms with Crippen LogP contribution in [0.25, 0.3) is 10.8 Å². The smallest absolute Gasteiger partial charge is 0.307 e. The summed E-state index contributed by atoms with van der Waals surface area (Å²) < 4.78 is 18.7. The highest BCUT2D eigenvalue weighted by molar-refractivity contribution is 5.86. The highest BCUT2D eigenvalue weighted by atomic mass is 19.1. The first-order valence-electron chi connectivity index (χ1n) is 5.08. The minimum absolute atomic E-state index is 0.0659. The maximum absolute atomic E-state index is 13.8. The van der Waals surface area contributed by atoms with Crippen LogP contribution in [0.15, 0.2) is 30.3 Å². The number of methoxy groups -OCH3 is 1. The quantitative estimate of drug-likeness (QED) is 0.887. The van der Waals surface area contributed by atoms with Gasteiger partial charge in [-0.1, -0.05) is 24.3 Å². The lowest BCUT2D eigenvalue weighted by Gasteiger charge is -2.06. The molecule has 0 aliphatic carbocycles. The van der Waals surface area contributed by atoms with Crippen molar-refractivity contribution in [2.24, 2.45) is 0 Å². The van der Waals surface area contributed by atoms with Crippen LogP contribution in [-0.4, -0.2) is 18.2 Å². The molecule has 0 bridgehead atoms. The standard InChI is InChI=1S/C13H11FO3/c1-17-11-5-3-9-6-8(7-12(15)16)2-4-10(9)13(11)14/h2-6H,7H2,1H3,(H,15,16). The van der Waals surface area contributed by atoms with E-state index in [1.807, 2.05) is 0 Å². The third-order valence-corrected chi connectivity index (χ3v) is 2.56. The van der Waals surface area contributed by atoms with Gasteiger partial charge in [0.1, 0.15) is 0 Å². The van der Waals surface area contributed by atoms with Crippen LogP contribution in [0.3, 0.4) is 0 Å². The number of ether oxygens (including phenoxy) is 1. The number of fused-ring (bicyclic) bond motifs is 1. The number of carboxylic acids is 1. The second-order valence-corrected chi connectivity index (χ2v) is 3.71. The van der Waals surface area contributed by atoms with E-state index in [9.17, 15) is 9.18 Å². The zero-order chi connectivity index (χ0) is 12.4. The van der Waals surface area contributed by atoms with Crippen LogP contribution < -0.4 is 4.74 Å². The third kappa shape index (κ3) is 2.20. The van der Waals surface area contributed by atoms with Crippen molar-refractivity contribution in [1.82, 2.24) is 0 Å². The van der Waals surface area contributed by atoms with Gasteiger partial charge in [0.25, 0.3) is 0 Å². The molecule has 0 aliphatic rings. The van der Waals surface area contributed by atoms with Crippen molar-refractivity contribution >= 4 is 16.7 Å². The van der Waals surface area contributed by atoms with Gasteiger partial charge in [-0.15, -0.1) is 0 Å². The molecule has 2 rings (SSSR count). The van der Waals surface area contributed by atoms with Crippen LogP contribution in [0.2, 0.25) is 0 Å². The largest absolute Gasteiger partial charge is 0.494 e. The lowest BCUT2D eigenvalue weighted by molar-refractivity contribution is -0.136. The van der Waals surface area contributed by atoms with Gasteiger partial charge in [0, 0.05) is 5.39 Å². The summed E-state index contributed by atoms with van der Waals surface area (Å²) in [5.41, 5.74) is 0.648. The molecule has 0 fully saturated rings. The van der Waals surface area contributed by atoms with Gasteiger partial charge < -0.3 is 9.84 Å². The fraction of sp³-hybridized carbons (Fsp3) is 0.154. The number of rotatable bonds is 3. The Hall–Kier alpha value is -2.10. The van der Waals surface area contributed by atoms with E-state index in [4.69, 9.17) is 9.84 Å². The molecule has 3 nitrogen and oxygen atoms in total. The number of aliphatic carboxylic acids is 1. The number of hydrogen-bond donors (Lipinski definition) is 1. The lowest BCUT2D eigenvalue weighted by Crippen LogP contribution is -1.99. The van der Waals surface area contributed by atoms with Crippen LogP contribution in [0.5, 0.6) is 5.75 Å². The number of carbonyl (C=O) groups is 1. The summed E-state index contributed by atoms with van der Waals surface area (Å²) >= 11 is 0. The van der Waals surface area contributed by atoms with E-state index in [0.717, 1.165) is 0 Å². The molecule has 0 unspecified atom stereocenters. The molecule has 0 saturated heterocycles. The number of hydrogen-bond acceptors (Lipinski definition) is 2. The van der Waals surface area contributed by atoms with Crippen LogP contribution in [0, 0.1) is 5.82 Å². The van der Waals surface area contributed by atoms with Gasteiger partial charge in [-0.3, -0.25) is 4.79 Å². The van der Waals surface area contributed by atoms with Crippen molar-refractivity contribution < 1.29 is 19.0 Å². The predicted molar refractivity (Wildman–Crippen MR) is 61.8 cm³/mol. The third-order valence-electron chi connectivity index (χ3n) is 2.56. The van der Waals surface area contributed by atoms with E-state index in [1.165, 1.54) is 13.2 Å². The molecular weight excluding hydrogens is 223 g/mol. The summed E-state index contributed by atoms with van der Waals surface area (Å²) in [5, 5.41) is 9.78. The van der Waals surface area contributed by atoms with Crippen molar-refractivity contribution in [1.29, 1.82) is 0 Å². The number of halogens is 1. The van der Waals surface area contributed by atoms with Crippen LogP contribution in [0.4, 0.5) is 4.39 Å². The van der Waals surface area contributed by atoms with Gasteiger partial charge in [-0.25, -0.2) is 4.39 Å². The Morgan fingerprint density at radius 1 is 1.35 bits per heavy atom. The topological polar surface area (TPSA) is 46.5 Å². The Morgan fingerprint density at radius 3 is 2.76 bits per heavy atom. The van der Waals surface area contributed by atoms with Gasteiger partial charge in [-0.2, -0.15) is 0 Å². The van der Waals surface area contributed by atoms with Gasteiger partial charge >= 0.3 is 5.97 Å². The number of carboxylic acid groups (broad SMARTS) is 1. The molecule has 0 radical (unpaired) electrons. The van der Waals surface area contributed by atoms with Gasteiger partial charge in [-0.05, 0) is 17.0 Å². The van der Waals surface area contributed by atoms with Crippen molar-refractivity contribution in [3.63, 3.8) is 0 Å². The molecule has 17 heavy (non-hydrogen) atoms. The van der Waals surface area contributed by atoms with E-state index in [1.54, 1.807) is 24.3 Å². The van der Waals surface area contributed by atoms with E-state index in [0.29, 0.717) is 16.3 Å². The summed E-state index contributed by atoms with van der Waals surface area (Å²) in [6.07, 6.45) is -0.0659. The molecule has 4 heteroatoms. The van der Waals surface area contributed by atoms with Crippen molar-refractivity contribution in [2.75, 3.05) is 7.11 Å². The Labute approximate surface area is 97.4 Å². The van der Waals surface area contributed by atoms with E-state index >= 15 is 0 Å². The first-order chi connectivity index (χ1) is 8.11. The second kappa shape index (κ2) is 4.41. The van der Waals surface area contributed by atoms with E-state index in [-0.39, 0.29) is 12.2 Å². The molecule has 1 N–H and O–H groups in total. The van der Waals surface area contributed by atoms with E-state index < -0.39 is 11.8 Å². The molecule has 2 aromatic rings. The fourth-order valence-electron chi connectivity index (χ4n) is 1.76. The van der Waals surface area contributed by atoms with Crippen LogP contribution >= 0.6 is 0 Å². The normalized spacial score (nSPS) is 10.5. The summed E-state index contributed by atoms with van der Waals surface area (Å²) in [6, 6.07) is 8.10. The summed E-state index contributed by atoms with van der Waals surface area (Å²) in [5.74, 6) is -1.14. The molecule has 0 spiro atoms. The monoisotopic (exact) mass is 234 g/mol. The Morgan fingerprint density at radius 2 is 2.12 bits per heavy atom. The van der Waals surface area contributed by atoms with Gasteiger partial charge in [0.15, 0.2) is 11.6 Å². The maximum atomic E-state index is 13.8. The fourth-order valence-corrected chi connectivity index (χ4v) is 1.76. The first kappa shape index (κ1) is 11.4. The molecule has 0 amide bonds. The van der Waals surface area contributed by atoms with Crippen LogP contribution in [0.1, 0.15) is 5.56 Å². The SMILES string of the molecule is COc1ccc2cc(CC(=O)O)ccc2c1F. The molecule has 88 valence electrons. The molecule has 0 saturated carbocycles. The summed E-state index contributed by atoms with van der Waals surface area (Å²) in [6.45, 7) is 0. The minimum Gasteiger partial charge on any atom is -0.494 e.